The van der Waals surface area contributed by atoms with Crippen molar-refractivity contribution in [2.45, 2.75) is 12.5 Å². The fourth-order valence-corrected chi connectivity index (χ4v) is 2.42. The van der Waals surface area contributed by atoms with Crippen LogP contribution >= 0.6 is 0 Å². The Morgan fingerprint density at radius 1 is 1.47 bits per heavy atom. The Hall–Kier alpha value is -1.09. The van der Waals surface area contributed by atoms with Crippen molar-refractivity contribution < 1.29 is 9.50 Å². The smallest absolute Gasteiger partial charge is 0.120 e. The van der Waals surface area contributed by atoms with E-state index in [2.05, 4.69) is 4.90 Å². The zero-order valence-corrected chi connectivity index (χ0v) is 8.86. The number of hydrogen-bond donors (Lipinski definition) is 1. The lowest BCUT2D eigenvalue weighted by Crippen LogP contribution is -2.22. The highest BCUT2D eigenvalue weighted by molar-refractivity contribution is 5.35. The molecule has 0 bridgehead atoms. The average Bonchev–Trinajstić information content (AvgIpc) is 2.60. The van der Waals surface area contributed by atoms with Crippen LogP contribution in [0.15, 0.2) is 24.3 Å². The molecular formula is C12H16FNO. The quantitative estimate of drug-likeness (QED) is 0.808. The predicted molar refractivity (Wildman–Crippen MR) is 57.6 cm³/mol. The minimum atomic E-state index is -0.316. The molecule has 0 spiro atoms. The molecule has 0 saturated carbocycles. The summed E-state index contributed by atoms with van der Waals surface area (Å²) in [5, 5.41) is 9.75. The van der Waals surface area contributed by atoms with Crippen LogP contribution in [0, 0.1) is 5.92 Å². The summed E-state index contributed by atoms with van der Waals surface area (Å²) in [7, 11) is 1.98. The van der Waals surface area contributed by atoms with E-state index >= 15 is 0 Å². The van der Waals surface area contributed by atoms with Crippen molar-refractivity contribution in [2.24, 2.45) is 5.92 Å². The lowest BCUT2D eigenvalue weighted by atomic mass is 9.94. The summed E-state index contributed by atoms with van der Waals surface area (Å²) in [5.41, 5.74) is 0.847. The van der Waals surface area contributed by atoms with Crippen LogP contribution in [0.3, 0.4) is 0 Å². The SMILES string of the molecule is CN1CCC(CF)C1c1ccccc1O. The Morgan fingerprint density at radius 2 is 2.20 bits per heavy atom. The highest BCUT2D eigenvalue weighted by atomic mass is 19.1. The zero-order valence-electron chi connectivity index (χ0n) is 8.86. The first kappa shape index (κ1) is 10.4. The molecule has 2 rings (SSSR count). The number of hydrogen-bond acceptors (Lipinski definition) is 2. The molecule has 1 aliphatic heterocycles. The average molecular weight is 209 g/mol. The Labute approximate surface area is 89.3 Å². The van der Waals surface area contributed by atoms with Crippen LogP contribution < -0.4 is 0 Å². The van der Waals surface area contributed by atoms with Crippen LogP contribution in [-0.2, 0) is 0 Å². The maximum atomic E-state index is 12.8. The normalized spacial score (nSPS) is 27.1. The molecule has 15 heavy (non-hydrogen) atoms. The highest BCUT2D eigenvalue weighted by Gasteiger charge is 2.34. The van der Waals surface area contributed by atoms with E-state index < -0.39 is 0 Å². The Morgan fingerprint density at radius 3 is 2.87 bits per heavy atom. The fraction of sp³-hybridized carbons (Fsp3) is 0.500. The number of alkyl halides is 1. The predicted octanol–water partition coefficient (Wildman–Crippen LogP) is 2.35. The van der Waals surface area contributed by atoms with Crippen LogP contribution in [-0.4, -0.2) is 30.3 Å². The Kier molecular flexibility index (Phi) is 2.91. The van der Waals surface area contributed by atoms with E-state index in [0.717, 1.165) is 18.5 Å². The minimum Gasteiger partial charge on any atom is -0.508 e. The second kappa shape index (κ2) is 4.19. The number of nitrogens with zero attached hydrogens (tertiary/aromatic N) is 1. The summed E-state index contributed by atoms with van der Waals surface area (Å²) in [6, 6.07) is 7.24. The second-order valence-electron chi connectivity index (χ2n) is 4.19. The van der Waals surface area contributed by atoms with Crippen molar-refractivity contribution in [1.29, 1.82) is 0 Å². The topological polar surface area (TPSA) is 23.5 Å². The number of phenolic OH excluding ortho intramolecular Hbond substituents is 1. The molecule has 2 atom stereocenters. The van der Waals surface area contributed by atoms with Crippen LogP contribution in [0.4, 0.5) is 4.39 Å². The van der Waals surface area contributed by atoms with E-state index in [-0.39, 0.29) is 24.4 Å². The van der Waals surface area contributed by atoms with Crippen LogP contribution in [0.2, 0.25) is 0 Å². The summed E-state index contributed by atoms with van der Waals surface area (Å²) in [5.74, 6) is 0.290. The van der Waals surface area contributed by atoms with Gasteiger partial charge >= 0.3 is 0 Å². The molecule has 1 aliphatic rings. The highest BCUT2D eigenvalue weighted by Crippen LogP contribution is 2.39. The van der Waals surface area contributed by atoms with E-state index in [1.165, 1.54) is 0 Å². The molecule has 2 nitrogen and oxygen atoms in total. The first-order valence-corrected chi connectivity index (χ1v) is 5.28. The number of halogens is 1. The molecule has 0 aliphatic carbocycles. The zero-order chi connectivity index (χ0) is 10.8. The standard InChI is InChI=1S/C12H16FNO/c1-14-7-6-9(8-13)12(14)10-4-2-3-5-11(10)15/h2-5,9,12,15H,6-8H2,1H3. The van der Waals surface area contributed by atoms with Gasteiger partial charge in [-0.05, 0) is 26.1 Å². The Balaban J connectivity index is 2.32. The summed E-state index contributed by atoms with van der Waals surface area (Å²) in [6.07, 6.45) is 0.867. The third-order valence-corrected chi connectivity index (χ3v) is 3.23. The van der Waals surface area contributed by atoms with E-state index in [0.29, 0.717) is 0 Å². The molecule has 0 radical (unpaired) electrons. The van der Waals surface area contributed by atoms with Crippen LogP contribution in [0.5, 0.6) is 5.75 Å². The number of para-hydroxylation sites is 1. The van der Waals surface area contributed by atoms with Gasteiger partial charge in [-0.2, -0.15) is 0 Å². The van der Waals surface area contributed by atoms with E-state index in [1.807, 2.05) is 19.2 Å². The summed E-state index contributed by atoms with van der Waals surface area (Å²) in [6.45, 7) is 0.580. The number of aromatic hydroxyl groups is 1. The molecule has 82 valence electrons. The van der Waals surface area contributed by atoms with E-state index in [4.69, 9.17) is 0 Å². The van der Waals surface area contributed by atoms with Crippen LogP contribution in [0.25, 0.3) is 0 Å². The molecule has 1 aromatic carbocycles. The van der Waals surface area contributed by atoms with Gasteiger partial charge in [-0.25, -0.2) is 0 Å². The van der Waals surface area contributed by atoms with Gasteiger partial charge in [-0.3, -0.25) is 9.29 Å². The first-order valence-electron chi connectivity index (χ1n) is 5.28. The molecule has 1 aromatic rings. The fourth-order valence-electron chi connectivity index (χ4n) is 2.42. The molecule has 0 amide bonds. The van der Waals surface area contributed by atoms with Gasteiger partial charge in [0.05, 0.1) is 6.67 Å². The molecule has 1 fully saturated rings. The largest absolute Gasteiger partial charge is 0.508 e. The van der Waals surface area contributed by atoms with Crippen molar-refractivity contribution in [3.63, 3.8) is 0 Å². The minimum absolute atomic E-state index is 0.0169. The van der Waals surface area contributed by atoms with Crippen molar-refractivity contribution in [3.8, 4) is 5.75 Å². The van der Waals surface area contributed by atoms with Gasteiger partial charge in [-0.1, -0.05) is 18.2 Å². The maximum absolute atomic E-state index is 12.8. The maximum Gasteiger partial charge on any atom is 0.120 e. The van der Waals surface area contributed by atoms with Crippen molar-refractivity contribution in [3.05, 3.63) is 29.8 Å². The van der Waals surface area contributed by atoms with Gasteiger partial charge in [0, 0.05) is 17.5 Å². The summed E-state index contributed by atoms with van der Waals surface area (Å²) >= 11 is 0. The van der Waals surface area contributed by atoms with Crippen molar-refractivity contribution >= 4 is 0 Å². The molecular weight excluding hydrogens is 193 g/mol. The molecule has 1 N–H and O–H groups in total. The Bertz CT molecular complexity index is 342. The van der Waals surface area contributed by atoms with Gasteiger partial charge in [0.25, 0.3) is 0 Å². The van der Waals surface area contributed by atoms with Gasteiger partial charge in [0.2, 0.25) is 0 Å². The summed E-state index contributed by atoms with van der Waals surface area (Å²) in [4.78, 5) is 2.11. The van der Waals surface area contributed by atoms with E-state index in [1.54, 1.807) is 12.1 Å². The molecule has 2 unspecified atom stereocenters. The second-order valence-corrected chi connectivity index (χ2v) is 4.19. The first-order chi connectivity index (χ1) is 7.24. The van der Waals surface area contributed by atoms with Crippen LogP contribution in [0.1, 0.15) is 18.0 Å². The van der Waals surface area contributed by atoms with Gasteiger partial charge < -0.3 is 5.11 Å². The monoisotopic (exact) mass is 209 g/mol. The van der Waals surface area contributed by atoms with Crippen molar-refractivity contribution in [1.82, 2.24) is 4.90 Å². The number of phenols is 1. The van der Waals surface area contributed by atoms with Gasteiger partial charge in [0.1, 0.15) is 5.75 Å². The van der Waals surface area contributed by atoms with Crippen molar-refractivity contribution in [2.75, 3.05) is 20.3 Å². The van der Waals surface area contributed by atoms with Gasteiger partial charge in [-0.15, -0.1) is 0 Å². The third kappa shape index (κ3) is 1.84. The lowest BCUT2D eigenvalue weighted by molar-refractivity contribution is 0.240. The van der Waals surface area contributed by atoms with E-state index in [9.17, 15) is 9.50 Å². The molecule has 1 saturated heterocycles. The lowest BCUT2D eigenvalue weighted by Gasteiger charge is -2.24. The number of rotatable bonds is 2. The molecule has 1 heterocycles. The summed E-state index contributed by atoms with van der Waals surface area (Å²) < 4.78 is 12.8. The number of benzene rings is 1. The number of likely N-dealkylation sites (tertiary alicyclic amines) is 1. The molecule has 0 aromatic heterocycles. The molecule has 3 heteroatoms. The third-order valence-electron chi connectivity index (χ3n) is 3.23. The van der Waals surface area contributed by atoms with Gasteiger partial charge in [0.15, 0.2) is 0 Å².